The molecule has 0 spiro atoms. The molecule has 1 aliphatic heterocycles. The summed E-state index contributed by atoms with van der Waals surface area (Å²) in [5.41, 5.74) is 0.456. The molecule has 0 saturated carbocycles. The lowest BCUT2D eigenvalue weighted by molar-refractivity contribution is 0.0594. The van der Waals surface area contributed by atoms with Crippen LogP contribution in [-0.4, -0.2) is 30.8 Å². The maximum Gasteiger partial charge on any atom is 0.564 e. The number of aromatic nitrogens is 1. The Balaban J connectivity index is 2.17. The summed E-state index contributed by atoms with van der Waals surface area (Å²) in [5.74, 6) is 0.101. The van der Waals surface area contributed by atoms with Crippen molar-refractivity contribution in [1.82, 2.24) is 4.98 Å². The van der Waals surface area contributed by atoms with E-state index in [4.69, 9.17) is 9.31 Å². The predicted octanol–water partition coefficient (Wildman–Crippen LogP) is 0.903. The van der Waals surface area contributed by atoms with Gasteiger partial charge in [-0.25, -0.2) is 9.78 Å². The van der Waals surface area contributed by atoms with Gasteiger partial charge in [-0.1, -0.05) is 12.6 Å². The van der Waals surface area contributed by atoms with Gasteiger partial charge in [0, 0.05) is 11.7 Å². The van der Waals surface area contributed by atoms with E-state index in [0.29, 0.717) is 5.76 Å². The molecule has 1 aliphatic rings. The molecule has 1 aromatic heterocycles. The van der Waals surface area contributed by atoms with Gasteiger partial charge in [-0.05, 0) is 19.9 Å². The fourth-order valence-electron chi connectivity index (χ4n) is 1.53. The second-order valence-corrected chi connectivity index (χ2v) is 4.47. The third-order valence-corrected chi connectivity index (χ3v) is 2.78. The summed E-state index contributed by atoms with van der Waals surface area (Å²) in [7, 11) is 0.778. The Hall–Kier alpha value is -1.82. The van der Waals surface area contributed by atoms with Crippen molar-refractivity contribution < 1.29 is 18.8 Å². The van der Waals surface area contributed by atoms with E-state index in [1.54, 1.807) is 12.1 Å². The van der Waals surface area contributed by atoms with Crippen molar-refractivity contribution in [2.75, 3.05) is 7.11 Å². The van der Waals surface area contributed by atoms with Crippen molar-refractivity contribution in [3.8, 4) is 0 Å². The number of methoxy groups -OCH3 is 1. The van der Waals surface area contributed by atoms with Crippen LogP contribution in [0, 0.1) is 0 Å². The summed E-state index contributed by atoms with van der Waals surface area (Å²) >= 11 is 0. The highest BCUT2D eigenvalue weighted by atomic mass is 16.7. The van der Waals surface area contributed by atoms with Crippen molar-refractivity contribution in [2.24, 2.45) is 0 Å². The zero-order valence-corrected chi connectivity index (χ0v) is 10.6. The standard InChI is InChI=1S/C12H14BNO4/c1-8-12(2,3)18-13(17-8)9-5-6-10(14-7-9)11(15)16-4/h5-7H,1H2,2-4H3. The zero-order valence-electron chi connectivity index (χ0n) is 10.6. The van der Waals surface area contributed by atoms with Crippen molar-refractivity contribution in [1.29, 1.82) is 0 Å². The van der Waals surface area contributed by atoms with Gasteiger partial charge in [-0.2, -0.15) is 0 Å². The van der Waals surface area contributed by atoms with Crippen LogP contribution in [0.1, 0.15) is 24.3 Å². The molecule has 0 bridgehead atoms. The molecule has 0 atom stereocenters. The van der Waals surface area contributed by atoms with Crippen LogP contribution < -0.4 is 5.46 Å². The van der Waals surface area contributed by atoms with Crippen LogP contribution >= 0.6 is 0 Å². The molecule has 0 amide bonds. The number of rotatable bonds is 2. The van der Waals surface area contributed by atoms with Crippen LogP contribution in [-0.2, 0) is 14.0 Å². The lowest BCUT2D eigenvalue weighted by Gasteiger charge is -2.15. The smallest absolute Gasteiger partial charge is 0.534 e. The first-order valence-corrected chi connectivity index (χ1v) is 5.52. The van der Waals surface area contributed by atoms with E-state index in [1.165, 1.54) is 13.3 Å². The lowest BCUT2D eigenvalue weighted by atomic mass is 9.80. The minimum Gasteiger partial charge on any atom is -0.534 e. The first-order chi connectivity index (χ1) is 8.44. The Morgan fingerprint density at radius 1 is 1.50 bits per heavy atom. The number of carbonyl (C=O) groups is 1. The average molecular weight is 247 g/mol. The molecule has 1 fully saturated rings. The number of nitrogens with zero attached hydrogens (tertiary/aromatic N) is 1. The van der Waals surface area contributed by atoms with E-state index in [-0.39, 0.29) is 5.69 Å². The number of esters is 1. The molecule has 1 aromatic rings. The van der Waals surface area contributed by atoms with Crippen molar-refractivity contribution in [3.63, 3.8) is 0 Å². The molecular formula is C12H14BNO4. The van der Waals surface area contributed by atoms with Crippen LogP contribution in [0.3, 0.4) is 0 Å². The molecule has 0 N–H and O–H groups in total. The topological polar surface area (TPSA) is 57.7 Å². The van der Waals surface area contributed by atoms with Gasteiger partial charge in [0.25, 0.3) is 0 Å². The Labute approximate surface area is 106 Å². The summed E-state index contributed by atoms with van der Waals surface area (Å²) in [6.07, 6.45) is 1.53. The Morgan fingerprint density at radius 3 is 2.67 bits per heavy atom. The molecule has 18 heavy (non-hydrogen) atoms. The highest BCUT2D eigenvalue weighted by molar-refractivity contribution is 6.62. The van der Waals surface area contributed by atoms with Gasteiger partial charge in [0.15, 0.2) is 0 Å². The van der Waals surface area contributed by atoms with E-state index in [2.05, 4.69) is 16.3 Å². The number of ether oxygens (including phenoxy) is 1. The molecule has 94 valence electrons. The van der Waals surface area contributed by atoms with Crippen LogP contribution in [0.4, 0.5) is 0 Å². The van der Waals surface area contributed by atoms with Crippen molar-refractivity contribution in [2.45, 2.75) is 19.4 Å². The summed E-state index contributed by atoms with van der Waals surface area (Å²) in [6.45, 7) is 7.56. The molecule has 6 heteroatoms. The number of hydrogen-bond acceptors (Lipinski definition) is 5. The minimum atomic E-state index is -0.535. The minimum absolute atomic E-state index is 0.248. The summed E-state index contributed by atoms with van der Waals surface area (Å²) in [5, 5.41) is 0. The van der Waals surface area contributed by atoms with Crippen LogP contribution in [0.5, 0.6) is 0 Å². The number of pyridine rings is 1. The molecule has 2 heterocycles. The normalized spacial score (nSPS) is 17.5. The molecule has 1 saturated heterocycles. The average Bonchev–Trinajstić information content (AvgIpc) is 2.63. The summed E-state index contributed by atoms with van der Waals surface area (Å²) in [6, 6.07) is 3.29. The fraction of sp³-hybridized carbons (Fsp3) is 0.333. The third-order valence-electron chi connectivity index (χ3n) is 2.78. The second-order valence-electron chi connectivity index (χ2n) is 4.47. The molecule has 0 aromatic carbocycles. The molecule has 5 nitrogen and oxygen atoms in total. The molecule has 2 rings (SSSR count). The van der Waals surface area contributed by atoms with Gasteiger partial charge in [0.2, 0.25) is 0 Å². The van der Waals surface area contributed by atoms with Crippen LogP contribution in [0.2, 0.25) is 0 Å². The molecule has 0 radical (unpaired) electrons. The summed E-state index contributed by atoms with van der Waals surface area (Å²) in [4.78, 5) is 15.2. The highest BCUT2D eigenvalue weighted by Gasteiger charge is 2.42. The van der Waals surface area contributed by atoms with E-state index in [1.807, 2.05) is 13.8 Å². The van der Waals surface area contributed by atoms with Gasteiger partial charge in [0.05, 0.1) is 12.9 Å². The second kappa shape index (κ2) is 4.46. The lowest BCUT2D eigenvalue weighted by Crippen LogP contribution is -2.34. The Bertz CT molecular complexity index is 483. The number of carbonyl (C=O) groups excluding carboxylic acids is 1. The van der Waals surface area contributed by atoms with Crippen molar-refractivity contribution >= 4 is 18.6 Å². The maximum absolute atomic E-state index is 11.2. The first-order valence-electron chi connectivity index (χ1n) is 5.52. The Morgan fingerprint density at radius 2 is 2.22 bits per heavy atom. The predicted molar refractivity (Wildman–Crippen MR) is 66.4 cm³/mol. The van der Waals surface area contributed by atoms with E-state index in [0.717, 1.165) is 5.46 Å². The SMILES string of the molecule is C=C1OB(c2ccc(C(=O)OC)nc2)OC1(C)C. The maximum atomic E-state index is 11.2. The number of hydrogen-bond donors (Lipinski definition) is 0. The van der Waals surface area contributed by atoms with E-state index in [9.17, 15) is 4.79 Å². The van der Waals surface area contributed by atoms with Gasteiger partial charge in [-0.3, -0.25) is 0 Å². The van der Waals surface area contributed by atoms with Gasteiger partial charge in [0.1, 0.15) is 11.3 Å². The largest absolute Gasteiger partial charge is 0.564 e. The van der Waals surface area contributed by atoms with Crippen LogP contribution in [0.25, 0.3) is 0 Å². The molecule has 0 unspecified atom stereocenters. The van der Waals surface area contributed by atoms with Gasteiger partial charge >= 0.3 is 13.1 Å². The van der Waals surface area contributed by atoms with Gasteiger partial charge in [-0.15, -0.1) is 0 Å². The first kappa shape index (κ1) is 12.6. The third kappa shape index (κ3) is 2.24. The van der Waals surface area contributed by atoms with E-state index >= 15 is 0 Å². The summed E-state index contributed by atoms with van der Waals surface area (Å²) < 4.78 is 15.8. The van der Waals surface area contributed by atoms with Gasteiger partial charge < -0.3 is 14.0 Å². The monoisotopic (exact) mass is 247 g/mol. The molecule has 0 aliphatic carbocycles. The highest BCUT2D eigenvalue weighted by Crippen LogP contribution is 2.28. The fourth-order valence-corrected chi connectivity index (χ4v) is 1.53. The quantitative estimate of drug-likeness (QED) is 0.574. The molecular weight excluding hydrogens is 233 g/mol. The van der Waals surface area contributed by atoms with Crippen LogP contribution in [0.15, 0.2) is 30.7 Å². The Kier molecular flexibility index (Phi) is 3.13. The zero-order chi connectivity index (χ0) is 13.3. The van der Waals surface area contributed by atoms with Crippen molar-refractivity contribution in [3.05, 3.63) is 36.4 Å². The van der Waals surface area contributed by atoms with E-state index < -0.39 is 18.7 Å².